The lowest BCUT2D eigenvalue weighted by Gasteiger charge is -2.37. The van der Waals surface area contributed by atoms with Gasteiger partial charge in [0.2, 0.25) is 0 Å². The monoisotopic (exact) mass is 400 g/mol. The van der Waals surface area contributed by atoms with E-state index in [4.69, 9.17) is 4.74 Å². The summed E-state index contributed by atoms with van der Waals surface area (Å²) in [6.45, 7) is 3.95. The van der Waals surface area contributed by atoms with Crippen LogP contribution in [0.5, 0.6) is 5.75 Å². The Hall–Kier alpha value is -2.95. The van der Waals surface area contributed by atoms with Crippen LogP contribution in [0.1, 0.15) is 25.8 Å². The van der Waals surface area contributed by atoms with Crippen molar-refractivity contribution < 1.29 is 14.3 Å². The molecule has 4 aliphatic carbocycles. The van der Waals surface area contributed by atoms with Crippen molar-refractivity contribution in [3.05, 3.63) is 54.1 Å². The van der Waals surface area contributed by atoms with Crippen LogP contribution >= 0.6 is 0 Å². The minimum atomic E-state index is -0.229. The molecule has 5 heteroatoms. The maximum Gasteiger partial charge on any atom is 0.254 e. The molecule has 152 valence electrons. The fraction of sp³-hybridized carbons (Fsp3) is 0.400. The van der Waals surface area contributed by atoms with Gasteiger partial charge in [-0.3, -0.25) is 9.59 Å². The molecule has 1 heterocycles. The number of hydrogen-bond acceptors (Lipinski definition) is 4. The van der Waals surface area contributed by atoms with E-state index in [0.29, 0.717) is 17.6 Å². The number of nitrogens with zero attached hydrogens (tertiary/aromatic N) is 2. The Morgan fingerprint density at radius 2 is 1.67 bits per heavy atom. The lowest BCUT2D eigenvalue weighted by Crippen LogP contribution is -2.40. The molecule has 2 aromatic carbocycles. The molecule has 30 heavy (non-hydrogen) atoms. The number of carbonyl (C=O) groups is 2. The van der Waals surface area contributed by atoms with Gasteiger partial charge in [-0.05, 0) is 60.8 Å². The quantitative estimate of drug-likeness (QED) is 0.443. The molecule has 2 aromatic rings. The highest BCUT2D eigenvalue weighted by Gasteiger charge is 2.67. The zero-order chi connectivity index (χ0) is 20.6. The Bertz CT molecular complexity index is 1100. The van der Waals surface area contributed by atoms with Crippen LogP contribution in [0.4, 0.5) is 0 Å². The highest BCUT2D eigenvalue weighted by Crippen LogP contribution is 2.65. The maximum atomic E-state index is 13.2. The summed E-state index contributed by atoms with van der Waals surface area (Å²) in [4.78, 5) is 26.4. The SMILES string of the molecule is CC(C)Oc1ccc2ccccc2c1C=NN1C(=O)C2C3C=CC(C4CC34)C2C1=O. The van der Waals surface area contributed by atoms with Crippen molar-refractivity contribution in [2.24, 2.45) is 40.6 Å². The molecule has 0 radical (unpaired) electrons. The average Bonchev–Trinajstić information content (AvgIpc) is 3.52. The summed E-state index contributed by atoms with van der Waals surface area (Å²) in [5.74, 6) is 1.55. The summed E-state index contributed by atoms with van der Waals surface area (Å²) in [5, 5.41) is 7.61. The van der Waals surface area contributed by atoms with Gasteiger partial charge in [-0.2, -0.15) is 10.1 Å². The van der Waals surface area contributed by atoms with Gasteiger partial charge in [-0.15, -0.1) is 0 Å². The maximum absolute atomic E-state index is 13.2. The molecule has 0 N–H and O–H groups in total. The Labute approximate surface area is 175 Å². The summed E-state index contributed by atoms with van der Waals surface area (Å²) in [6.07, 6.45) is 7.15. The molecule has 0 aromatic heterocycles. The molecule has 2 amide bonds. The lowest BCUT2D eigenvalue weighted by atomic mass is 9.63. The molecule has 1 aliphatic heterocycles. The van der Waals surface area contributed by atoms with Crippen LogP contribution in [0.15, 0.2) is 53.7 Å². The van der Waals surface area contributed by atoms with Crippen molar-refractivity contribution in [1.82, 2.24) is 5.01 Å². The van der Waals surface area contributed by atoms with Gasteiger partial charge in [0.15, 0.2) is 0 Å². The zero-order valence-corrected chi connectivity index (χ0v) is 17.1. The lowest BCUT2D eigenvalue weighted by molar-refractivity contribution is -0.140. The minimum absolute atomic E-state index is 0.00431. The molecule has 0 spiro atoms. The van der Waals surface area contributed by atoms with E-state index < -0.39 is 0 Å². The number of allylic oxidation sites excluding steroid dienone is 2. The second-order valence-corrected chi connectivity index (χ2v) is 9.25. The molecule has 3 fully saturated rings. The highest BCUT2D eigenvalue weighted by molar-refractivity contribution is 6.08. The summed E-state index contributed by atoms with van der Waals surface area (Å²) in [7, 11) is 0. The second-order valence-electron chi connectivity index (χ2n) is 9.25. The molecular weight excluding hydrogens is 376 g/mol. The highest BCUT2D eigenvalue weighted by atomic mass is 16.5. The molecule has 2 bridgehead atoms. The summed E-state index contributed by atoms with van der Waals surface area (Å²) < 4.78 is 5.99. The fourth-order valence-corrected chi connectivity index (χ4v) is 5.94. The third-order valence-electron chi connectivity index (χ3n) is 7.24. The van der Waals surface area contributed by atoms with E-state index in [1.165, 1.54) is 0 Å². The predicted molar refractivity (Wildman–Crippen MR) is 114 cm³/mol. The van der Waals surface area contributed by atoms with Crippen LogP contribution in [0.25, 0.3) is 10.8 Å². The molecule has 1 saturated heterocycles. The first kappa shape index (κ1) is 17.9. The summed E-state index contributed by atoms with van der Waals surface area (Å²) in [5.41, 5.74) is 0.793. The number of ether oxygens (including phenoxy) is 1. The van der Waals surface area contributed by atoms with Crippen LogP contribution in [-0.2, 0) is 9.59 Å². The largest absolute Gasteiger partial charge is 0.490 e. The molecule has 7 rings (SSSR count). The topological polar surface area (TPSA) is 59.0 Å². The minimum Gasteiger partial charge on any atom is -0.490 e. The first-order valence-corrected chi connectivity index (χ1v) is 10.8. The van der Waals surface area contributed by atoms with Crippen molar-refractivity contribution >= 4 is 28.8 Å². The number of hydrogen-bond donors (Lipinski definition) is 0. The van der Waals surface area contributed by atoms with Crippen LogP contribution in [0.2, 0.25) is 0 Å². The average molecular weight is 400 g/mol. The normalized spacial score (nSPS) is 33.6. The van der Waals surface area contributed by atoms with E-state index in [0.717, 1.165) is 27.8 Å². The number of fused-ring (bicyclic) bond motifs is 1. The van der Waals surface area contributed by atoms with Gasteiger partial charge in [0.05, 0.1) is 24.2 Å². The summed E-state index contributed by atoms with van der Waals surface area (Å²) in [6, 6.07) is 11.9. The Balaban J connectivity index is 1.38. The van der Waals surface area contributed by atoms with Gasteiger partial charge in [0, 0.05) is 5.56 Å². The Morgan fingerprint density at radius 1 is 1.00 bits per heavy atom. The van der Waals surface area contributed by atoms with E-state index in [-0.39, 0.29) is 41.6 Å². The van der Waals surface area contributed by atoms with Crippen molar-refractivity contribution in [1.29, 1.82) is 0 Å². The van der Waals surface area contributed by atoms with Gasteiger partial charge >= 0.3 is 0 Å². The van der Waals surface area contributed by atoms with E-state index in [1.807, 2.05) is 50.2 Å². The van der Waals surface area contributed by atoms with Gasteiger partial charge in [0.1, 0.15) is 5.75 Å². The van der Waals surface area contributed by atoms with Crippen molar-refractivity contribution in [2.45, 2.75) is 26.4 Å². The van der Waals surface area contributed by atoms with Crippen molar-refractivity contribution in [3.8, 4) is 5.75 Å². The number of benzene rings is 2. The van der Waals surface area contributed by atoms with Crippen molar-refractivity contribution in [3.63, 3.8) is 0 Å². The van der Waals surface area contributed by atoms with Gasteiger partial charge in [-0.1, -0.05) is 42.5 Å². The van der Waals surface area contributed by atoms with E-state index in [2.05, 4.69) is 17.3 Å². The number of hydrazone groups is 1. The predicted octanol–water partition coefficient (Wildman–Crippen LogP) is 4.01. The first-order valence-electron chi connectivity index (χ1n) is 10.8. The summed E-state index contributed by atoms with van der Waals surface area (Å²) >= 11 is 0. The van der Waals surface area contributed by atoms with Crippen LogP contribution in [-0.4, -0.2) is 29.1 Å². The van der Waals surface area contributed by atoms with E-state index in [1.54, 1.807) is 6.21 Å². The molecule has 5 nitrogen and oxygen atoms in total. The molecule has 6 unspecified atom stereocenters. The first-order chi connectivity index (χ1) is 14.5. The van der Waals surface area contributed by atoms with Gasteiger partial charge in [0.25, 0.3) is 11.8 Å². The zero-order valence-electron chi connectivity index (χ0n) is 17.1. The van der Waals surface area contributed by atoms with Gasteiger partial charge < -0.3 is 4.74 Å². The Kier molecular flexibility index (Phi) is 3.74. The molecular formula is C25H24N2O3. The third kappa shape index (κ3) is 2.44. The third-order valence-corrected chi connectivity index (χ3v) is 7.24. The fourth-order valence-electron chi connectivity index (χ4n) is 5.94. The van der Waals surface area contributed by atoms with E-state index >= 15 is 0 Å². The standard InChI is InChI=1S/C25H24N2O3/c1-13(2)30-21-10-7-14-5-3-4-6-15(14)20(21)12-26-27-24(28)22-16-8-9-17(19-11-18(16)19)23(22)25(27)29/h3-10,12-13,16-19,22-23H,11H2,1-2H3. The molecule has 2 saturated carbocycles. The van der Waals surface area contributed by atoms with Gasteiger partial charge in [-0.25, -0.2) is 0 Å². The molecule has 6 atom stereocenters. The number of rotatable bonds is 4. The van der Waals surface area contributed by atoms with Crippen molar-refractivity contribution in [2.75, 3.05) is 0 Å². The van der Waals surface area contributed by atoms with Crippen LogP contribution < -0.4 is 4.74 Å². The molecule has 5 aliphatic rings. The Morgan fingerprint density at radius 3 is 2.33 bits per heavy atom. The van der Waals surface area contributed by atoms with Crippen LogP contribution in [0, 0.1) is 35.5 Å². The smallest absolute Gasteiger partial charge is 0.254 e. The second kappa shape index (κ2) is 6.27. The van der Waals surface area contributed by atoms with Crippen LogP contribution in [0.3, 0.4) is 0 Å². The number of carbonyl (C=O) groups excluding carboxylic acids is 2. The number of imide groups is 1. The number of amides is 2. The van der Waals surface area contributed by atoms with E-state index in [9.17, 15) is 9.59 Å².